The Labute approximate surface area is 199 Å². The molecule has 2 fully saturated rings. The molecule has 2 saturated heterocycles. The monoisotopic (exact) mass is 462 g/mol. The number of anilines is 1. The number of ether oxygens (including phenoxy) is 2. The Bertz CT molecular complexity index is 1220. The molecule has 0 saturated carbocycles. The zero-order valence-electron chi connectivity index (χ0n) is 19.9. The number of benzene rings is 1. The maximum atomic E-state index is 9.81. The van der Waals surface area contributed by atoms with Crippen LogP contribution in [0.1, 0.15) is 42.7 Å². The average Bonchev–Trinajstić information content (AvgIpc) is 3.30. The molecular formula is C25H30N6O3. The molecule has 5 rings (SSSR count). The molecule has 9 heteroatoms. The molecule has 2 aromatic heterocycles. The van der Waals surface area contributed by atoms with Crippen LogP contribution in [0.25, 0.3) is 22.3 Å². The summed E-state index contributed by atoms with van der Waals surface area (Å²) < 4.78 is 16.2. The normalized spacial score (nSPS) is 17.8. The SMILES string of the molecule is COc1cc(C#N)c2nc(N3CCC(NC4CCOCC4)CC3)c(-c3noc(C)n3)c(C)c2c1. The lowest BCUT2D eigenvalue weighted by Gasteiger charge is -2.37. The van der Waals surface area contributed by atoms with Crippen LogP contribution in [0.5, 0.6) is 5.75 Å². The molecule has 9 nitrogen and oxygen atoms in total. The molecule has 2 aliphatic rings. The van der Waals surface area contributed by atoms with Crippen molar-refractivity contribution in [3.8, 4) is 23.2 Å². The van der Waals surface area contributed by atoms with E-state index in [1.807, 2.05) is 13.0 Å². The molecule has 0 bridgehead atoms. The first kappa shape index (κ1) is 22.6. The summed E-state index contributed by atoms with van der Waals surface area (Å²) in [6.45, 7) is 7.22. The van der Waals surface area contributed by atoms with Gasteiger partial charge in [0.15, 0.2) is 0 Å². The smallest absolute Gasteiger partial charge is 0.223 e. The van der Waals surface area contributed by atoms with Gasteiger partial charge in [0, 0.05) is 56.8 Å². The van der Waals surface area contributed by atoms with Crippen molar-refractivity contribution in [1.82, 2.24) is 20.4 Å². The standard InChI is InChI=1S/C25H30N6O3/c1-15-21-13-20(32-3)12-17(14-26)23(21)29-25(22(15)24-27-16(2)34-30-24)31-8-4-18(5-9-31)28-19-6-10-33-11-7-19/h12-13,18-19,28H,4-11H2,1-3H3. The highest BCUT2D eigenvalue weighted by Gasteiger charge is 2.28. The molecule has 0 aliphatic carbocycles. The van der Waals surface area contributed by atoms with E-state index in [0.29, 0.717) is 40.6 Å². The molecule has 1 N–H and O–H groups in total. The minimum atomic E-state index is 0.482. The topological polar surface area (TPSA) is 109 Å². The number of fused-ring (bicyclic) bond motifs is 1. The third-order valence-electron chi connectivity index (χ3n) is 6.90. The molecule has 2 aliphatic heterocycles. The van der Waals surface area contributed by atoms with Crippen molar-refractivity contribution in [2.75, 3.05) is 38.3 Å². The summed E-state index contributed by atoms with van der Waals surface area (Å²) in [5.41, 5.74) is 2.96. The lowest BCUT2D eigenvalue weighted by atomic mass is 9.98. The van der Waals surface area contributed by atoms with Gasteiger partial charge in [0.1, 0.15) is 17.6 Å². The number of nitriles is 1. The van der Waals surface area contributed by atoms with E-state index in [0.717, 1.165) is 74.3 Å². The molecule has 34 heavy (non-hydrogen) atoms. The van der Waals surface area contributed by atoms with Gasteiger partial charge in [-0.15, -0.1) is 0 Å². The van der Waals surface area contributed by atoms with Gasteiger partial charge >= 0.3 is 0 Å². The van der Waals surface area contributed by atoms with Crippen molar-refractivity contribution in [2.45, 2.75) is 51.6 Å². The largest absolute Gasteiger partial charge is 0.497 e. The summed E-state index contributed by atoms with van der Waals surface area (Å²) >= 11 is 0. The Kier molecular flexibility index (Phi) is 6.35. The van der Waals surface area contributed by atoms with Crippen LogP contribution in [-0.4, -0.2) is 60.6 Å². The Balaban J connectivity index is 1.51. The van der Waals surface area contributed by atoms with Crippen LogP contribution in [0.3, 0.4) is 0 Å². The van der Waals surface area contributed by atoms with E-state index >= 15 is 0 Å². The number of aryl methyl sites for hydroxylation is 2. The van der Waals surface area contributed by atoms with Crippen LogP contribution in [0, 0.1) is 25.2 Å². The summed E-state index contributed by atoms with van der Waals surface area (Å²) in [5.74, 6) is 2.44. The first-order valence-electron chi connectivity index (χ1n) is 11.9. The Morgan fingerprint density at radius 1 is 1.09 bits per heavy atom. The van der Waals surface area contributed by atoms with Crippen molar-refractivity contribution < 1.29 is 14.0 Å². The number of nitrogens with zero attached hydrogens (tertiary/aromatic N) is 5. The Morgan fingerprint density at radius 3 is 2.47 bits per heavy atom. The molecule has 178 valence electrons. The van der Waals surface area contributed by atoms with Crippen molar-refractivity contribution in [1.29, 1.82) is 5.26 Å². The number of hydrogen-bond donors (Lipinski definition) is 1. The molecule has 0 unspecified atom stereocenters. The second-order valence-corrected chi connectivity index (χ2v) is 9.07. The third-order valence-corrected chi connectivity index (χ3v) is 6.90. The van der Waals surface area contributed by atoms with E-state index in [9.17, 15) is 5.26 Å². The van der Waals surface area contributed by atoms with E-state index in [1.165, 1.54) is 0 Å². The predicted octanol–water partition coefficient (Wildman–Crippen LogP) is 3.52. The quantitative estimate of drug-likeness (QED) is 0.609. The molecule has 4 heterocycles. The summed E-state index contributed by atoms with van der Waals surface area (Å²) in [5, 5.41) is 18.7. The fraction of sp³-hybridized carbons (Fsp3) is 0.520. The first-order chi connectivity index (χ1) is 16.6. The maximum absolute atomic E-state index is 9.81. The van der Waals surface area contributed by atoms with E-state index in [1.54, 1.807) is 20.1 Å². The third kappa shape index (κ3) is 4.31. The molecule has 0 spiro atoms. The van der Waals surface area contributed by atoms with Gasteiger partial charge in [0.25, 0.3) is 0 Å². The van der Waals surface area contributed by atoms with Gasteiger partial charge in [-0.2, -0.15) is 10.2 Å². The zero-order valence-corrected chi connectivity index (χ0v) is 19.9. The van der Waals surface area contributed by atoms with Crippen LogP contribution in [0.4, 0.5) is 5.82 Å². The van der Waals surface area contributed by atoms with Crippen LogP contribution in [-0.2, 0) is 4.74 Å². The maximum Gasteiger partial charge on any atom is 0.223 e. The van der Waals surface area contributed by atoms with Crippen molar-refractivity contribution in [3.05, 3.63) is 29.2 Å². The number of hydrogen-bond acceptors (Lipinski definition) is 9. The van der Waals surface area contributed by atoms with Crippen molar-refractivity contribution >= 4 is 16.7 Å². The number of nitrogens with one attached hydrogen (secondary N) is 1. The fourth-order valence-electron chi connectivity index (χ4n) is 5.03. The van der Waals surface area contributed by atoms with Crippen LogP contribution in [0.15, 0.2) is 16.7 Å². The minimum Gasteiger partial charge on any atom is -0.497 e. The van der Waals surface area contributed by atoms with Gasteiger partial charge in [0.2, 0.25) is 11.7 Å². The zero-order chi connectivity index (χ0) is 23.7. The van der Waals surface area contributed by atoms with E-state index < -0.39 is 0 Å². The summed E-state index contributed by atoms with van der Waals surface area (Å²) in [7, 11) is 1.60. The lowest BCUT2D eigenvalue weighted by molar-refractivity contribution is 0.0738. The molecule has 0 radical (unpaired) electrons. The summed E-state index contributed by atoms with van der Waals surface area (Å²) in [4.78, 5) is 11.8. The fourth-order valence-corrected chi connectivity index (χ4v) is 5.03. The number of piperidine rings is 1. The van der Waals surface area contributed by atoms with Crippen LogP contribution < -0.4 is 15.0 Å². The Morgan fingerprint density at radius 2 is 1.82 bits per heavy atom. The van der Waals surface area contributed by atoms with Crippen molar-refractivity contribution in [3.63, 3.8) is 0 Å². The number of rotatable bonds is 5. The number of methoxy groups -OCH3 is 1. The van der Waals surface area contributed by atoms with Crippen molar-refractivity contribution in [2.24, 2.45) is 0 Å². The highest BCUT2D eigenvalue weighted by atomic mass is 16.5. The van der Waals surface area contributed by atoms with Crippen LogP contribution >= 0.6 is 0 Å². The average molecular weight is 463 g/mol. The molecule has 3 aromatic rings. The van der Waals surface area contributed by atoms with Gasteiger partial charge in [-0.1, -0.05) is 5.16 Å². The highest BCUT2D eigenvalue weighted by molar-refractivity contribution is 5.96. The Hall–Kier alpha value is -3.22. The molecule has 0 amide bonds. The predicted molar refractivity (Wildman–Crippen MR) is 128 cm³/mol. The van der Waals surface area contributed by atoms with Gasteiger partial charge in [-0.3, -0.25) is 0 Å². The summed E-state index contributed by atoms with van der Waals surface area (Å²) in [6.07, 6.45) is 4.20. The van der Waals surface area contributed by atoms with Crippen LogP contribution in [0.2, 0.25) is 0 Å². The van der Waals surface area contributed by atoms with E-state index in [-0.39, 0.29) is 0 Å². The highest BCUT2D eigenvalue weighted by Crippen LogP contribution is 2.38. The molecule has 0 atom stereocenters. The van der Waals surface area contributed by atoms with Gasteiger partial charge in [-0.05, 0) is 44.2 Å². The number of pyridine rings is 1. The molecular weight excluding hydrogens is 432 g/mol. The second kappa shape index (κ2) is 9.57. The second-order valence-electron chi connectivity index (χ2n) is 9.07. The lowest BCUT2D eigenvalue weighted by Crippen LogP contribution is -2.48. The number of aromatic nitrogens is 3. The van der Waals surface area contributed by atoms with E-state index in [2.05, 4.69) is 26.4 Å². The van der Waals surface area contributed by atoms with Gasteiger partial charge < -0.3 is 24.2 Å². The van der Waals surface area contributed by atoms with Gasteiger partial charge in [0.05, 0.1) is 23.8 Å². The first-order valence-corrected chi connectivity index (χ1v) is 11.9. The summed E-state index contributed by atoms with van der Waals surface area (Å²) in [6, 6.07) is 6.96. The molecule has 1 aromatic carbocycles. The van der Waals surface area contributed by atoms with Gasteiger partial charge in [-0.25, -0.2) is 4.98 Å². The minimum absolute atomic E-state index is 0.482. The van der Waals surface area contributed by atoms with E-state index in [4.69, 9.17) is 19.0 Å².